The quantitative estimate of drug-likeness (QED) is 0.591. The number of nitrogens with two attached hydrogens (primary N) is 1. The highest BCUT2D eigenvalue weighted by Crippen LogP contribution is 2.57. The molecular formula is C15H22N2O. The molecule has 3 aliphatic rings. The summed E-state index contributed by atoms with van der Waals surface area (Å²) in [6.07, 6.45) is 3.20. The fraction of sp³-hybridized carbons (Fsp3) is 0.533. The van der Waals surface area contributed by atoms with Crippen molar-refractivity contribution < 1.29 is 4.79 Å². The normalized spacial score (nSPS) is 27.6. The second kappa shape index (κ2) is 5.11. The molecule has 3 heteroatoms. The fourth-order valence-corrected chi connectivity index (χ4v) is 3.08. The van der Waals surface area contributed by atoms with Crippen molar-refractivity contribution in [3.8, 4) is 0 Å². The number of nitrogens with one attached hydrogen (secondary N) is 1. The van der Waals surface area contributed by atoms with Crippen LogP contribution in [0.15, 0.2) is 30.3 Å². The Bertz CT molecular complexity index is 412. The second-order valence-corrected chi connectivity index (χ2v) is 5.82. The second-order valence-electron chi connectivity index (χ2n) is 5.82. The molecule has 4 rings (SSSR count). The molecule has 3 fully saturated rings. The summed E-state index contributed by atoms with van der Waals surface area (Å²) in [6.45, 7) is 4.48. The topological polar surface area (TPSA) is 55.1 Å². The lowest BCUT2D eigenvalue weighted by atomic mass is 9.48. The van der Waals surface area contributed by atoms with Gasteiger partial charge in [0.2, 0.25) is 0 Å². The van der Waals surface area contributed by atoms with Crippen molar-refractivity contribution in [3.63, 3.8) is 0 Å². The number of carbonyl (C=O) groups is 1. The van der Waals surface area contributed by atoms with Crippen molar-refractivity contribution in [1.29, 1.82) is 0 Å². The Morgan fingerprint density at radius 2 is 1.94 bits per heavy atom. The van der Waals surface area contributed by atoms with Crippen molar-refractivity contribution >= 4 is 11.5 Å². The number of ketones is 1. The summed E-state index contributed by atoms with van der Waals surface area (Å²) in [5.41, 5.74) is 3.82. The minimum atomic E-state index is 0.356. The maximum Gasteiger partial charge on any atom is 0.136 e. The minimum absolute atomic E-state index is 0.356. The fourth-order valence-electron chi connectivity index (χ4n) is 3.08. The number of rotatable bonds is 1. The zero-order chi connectivity index (χ0) is 13.2. The first-order valence-corrected chi connectivity index (χ1v) is 6.60. The Morgan fingerprint density at radius 3 is 2.28 bits per heavy atom. The van der Waals surface area contributed by atoms with E-state index in [2.05, 4.69) is 19.3 Å². The lowest BCUT2D eigenvalue weighted by Gasteiger charge is -2.55. The molecule has 98 valence electrons. The first kappa shape index (κ1) is 13.1. The molecular weight excluding hydrogens is 224 g/mol. The average molecular weight is 246 g/mol. The van der Waals surface area contributed by atoms with Crippen molar-refractivity contribution in [2.75, 3.05) is 5.43 Å². The van der Waals surface area contributed by atoms with Crippen LogP contribution in [0.5, 0.6) is 0 Å². The lowest BCUT2D eigenvalue weighted by molar-refractivity contribution is -0.148. The Labute approximate surface area is 109 Å². The zero-order valence-electron chi connectivity index (χ0n) is 11.1. The van der Waals surface area contributed by atoms with Gasteiger partial charge in [0.1, 0.15) is 5.78 Å². The summed E-state index contributed by atoms with van der Waals surface area (Å²) in [7, 11) is 0. The third kappa shape index (κ3) is 2.41. The standard InChI is InChI=1S/C9H14O.C6H8N2/c1-9(2)6-3-4-8(10)7(9)5-6;7-8-6-4-2-1-3-5-6/h6-7H,3-5H2,1-2H3;1-5,8H,7H2. The number of fused-ring (bicyclic) bond motifs is 2. The van der Waals surface area contributed by atoms with Crippen molar-refractivity contribution in [1.82, 2.24) is 0 Å². The van der Waals surface area contributed by atoms with E-state index in [9.17, 15) is 4.79 Å². The predicted octanol–water partition coefficient (Wildman–Crippen LogP) is 2.98. The molecule has 0 aliphatic heterocycles. The van der Waals surface area contributed by atoms with E-state index in [1.165, 1.54) is 6.42 Å². The van der Waals surface area contributed by atoms with Crippen LogP contribution >= 0.6 is 0 Å². The molecule has 3 N–H and O–H groups in total. The van der Waals surface area contributed by atoms with Crippen LogP contribution in [0.3, 0.4) is 0 Å². The summed E-state index contributed by atoms with van der Waals surface area (Å²) in [6, 6.07) is 9.60. The molecule has 0 aromatic heterocycles. The Kier molecular flexibility index (Phi) is 3.71. The molecule has 0 heterocycles. The van der Waals surface area contributed by atoms with E-state index in [-0.39, 0.29) is 0 Å². The van der Waals surface area contributed by atoms with Crippen molar-refractivity contribution in [3.05, 3.63) is 30.3 Å². The van der Waals surface area contributed by atoms with Crippen LogP contribution in [0.2, 0.25) is 0 Å². The van der Waals surface area contributed by atoms with Gasteiger partial charge in [-0.05, 0) is 36.3 Å². The third-order valence-electron chi connectivity index (χ3n) is 4.54. The molecule has 1 aromatic rings. The molecule has 18 heavy (non-hydrogen) atoms. The zero-order valence-corrected chi connectivity index (χ0v) is 11.1. The number of hydrogen-bond donors (Lipinski definition) is 2. The van der Waals surface area contributed by atoms with Crippen LogP contribution in [0.25, 0.3) is 0 Å². The van der Waals surface area contributed by atoms with E-state index in [1.807, 2.05) is 30.3 Å². The maximum absolute atomic E-state index is 11.2. The largest absolute Gasteiger partial charge is 0.324 e. The minimum Gasteiger partial charge on any atom is -0.324 e. The van der Waals surface area contributed by atoms with Crippen LogP contribution < -0.4 is 11.3 Å². The Morgan fingerprint density at radius 1 is 1.28 bits per heavy atom. The molecule has 0 amide bonds. The molecule has 3 nitrogen and oxygen atoms in total. The highest BCUT2D eigenvalue weighted by Gasteiger charge is 2.53. The highest BCUT2D eigenvalue weighted by atomic mass is 16.1. The maximum atomic E-state index is 11.2. The van der Waals surface area contributed by atoms with Gasteiger partial charge in [-0.15, -0.1) is 0 Å². The van der Waals surface area contributed by atoms with Crippen molar-refractivity contribution in [2.45, 2.75) is 33.1 Å². The first-order valence-electron chi connectivity index (χ1n) is 6.60. The highest BCUT2D eigenvalue weighted by molar-refractivity contribution is 5.84. The Balaban J connectivity index is 0.000000138. The van der Waals surface area contributed by atoms with E-state index in [0.717, 1.165) is 24.4 Å². The van der Waals surface area contributed by atoms with Gasteiger partial charge in [0.15, 0.2) is 0 Å². The molecule has 3 aliphatic carbocycles. The summed E-state index contributed by atoms with van der Waals surface area (Å²) < 4.78 is 0. The van der Waals surface area contributed by atoms with Gasteiger partial charge in [-0.3, -0.25) is 10.6 Å². The molecule has 2 unspecified atom stereocenters. The van der Waals surface area contributed by atoms with E-state index in [1.54, 1.807) is 0 Å². The number of carbonyl (C=O) groups excluding carboxylic acids is 1. The van der Waals surface area contributed by atoms with Crippen LogP contribution in [0.4, 0.5) is 5.69 Å². The molecule has 0 radical (unpaired) electrons. The molecule has 2 bridgehead atoms. The number of para-hydroxylation sites is 1. The SMILES string of the molecule is CC1(C)C2CCC(=O)C1C2.NNc1ccccc1. The monoisotopic (exact) mass is 246 g/mol. The number of hydrazine groups is 1. The molecule has 3 saturated carbocycles. The smallest absolute Gasteiger partial charge is 0.136 e. The van der Waals surface area contributed by atoms with Crippen LogP contribution in [0.1, 0.15) is 33.1 Å². The number of Topliss-reactive ketones (excluding diaryl/α,β-unsaturated/α-hetero) is 1. The number of nitrogen functional groups attached to an aromatic ring is 1. The molecule has 2 atom stereocenters. The summed E-state index contributed by atoms with van der Waals surface area (Å²) in [4.78, 5) is 11.2. The molecule has 0 spiro atoms. The van der Waals surface area contributed by atoms with Crippen LogP contribution in [-0.4, -0.2) is 5.78 Å². The van der Waals surface area contributed by atoms with Gasteiger partial charge in [-0.1, -0.05) is 32.0 Å². The summed E-state index contributed by atoms with van der Waals surface area (Å²) >= 11 is 0. The van der Waals surface area contributed by atoms with Gasteiger partial charge in [0.05, 0.1) is 0 Å². The number of benzene rings is 1. The Hall–Kier alpha value is -1.35. The third-order valence-corrected chi connectivity index (χ3v) is 4.54. The van der Waals surface area contributed by atoms with E-state index in [0.29, 0.717) is 17.1 Å². The first-order chi connectivity index (χ1) is 8.55. The van der Waals surface area contributed by atoms with Crippen LogP contribution in [-0.2, 0) is 4.79 Å². The average Bonchev–Trinajstić information content (AvgIpc) is 2.40. The van der Waals surface area contributed by atoms with Gasteiger partial charge in [0.25, 0.3) is 0 Å². The summed E-state index contributed by atoms with van der Waals surface area (Å²) in [5.74, 6) is 6.90. The number of hydrogen-bond acceptors (Lipinski definition) is 3. The van der Waals surface area contributed by atoms with Gasteiger partial charge >= 0.3 is 0 Å². The van der Waals surface area contributed by atoms with Crippen LogP contribution in [0, 0.1) is 17.3 Å². The summed E-state index contributed by atoms with van der Waals surface area (Å²) in [5, 5.41) is 0. The van der Waals surface area contributed by atoms with Gasteiger partial charge < -0.3 is 5.43 Å². The van der Waals surface area contributed by atoms with Gasteiger partial charge in [-0.25, -0.2) is 0 Å². The van der Waals surface area contributed by atoms with E-state index in [4.69, 9.17) is 5.84 Å². The van der Waals surface area contributed by atoms with Gasteiger partial charge in [0, 0.05) is 18.0 Å². The molecule has 0 saturated heterocycles. The van der Waals surface area contributed by atoms with Crippen molar-refractivity contribution in [2.24, 2.45) is 23.1 Å². The predicted molar refractivity (Wildman–Crippen MR) is 73.9 cm³/mol. The lowest BCUT2D eigenvalue weighted by Crippen LogP contribution is -2.52. The molecule has 1 aromatic carbocycles. The van der Waals surface area contributed by atoms with E-state index >= 15 is 0 Å². The number of anilines is 1. The van der Waals surface area contributed by atoms with E-state index < -0.39 is 0 Å². The van der Waals surface area contributed by atoms with Gasteiger partial charge in [-0.2, -0.15) is 0 Å².